The van der Waals surface area contributed by atoms with E-state index in [1.165, 1.54) is 12.3 Å². The van der Waals surface area contributed by atoms with Crippen molar-refractivity contribution in [3.63, 3.8) is 0 Å². The summed E-state index contributed by atoms with van der Waals surface area (Å²) in [5.74, 6) is -0.385. The summed E-state index contributed by atoms with van der Waals surface area (Å²) in [6, 6.07) is 4.89. The number of rotatable bonds is 2. The Bertz CT molecular complexity index is 726. The minimum absolute atomic E-state index is 0.129. The van der Waals surface area contributed by atoms with Crippen molar-refractivity contribution in [3.8, 4) is 5.75 Å². The fourth-order valence-corrected chi connectivity index (χ4v) is 4.30. The van der Waals surface area contributed by atoms with Crippen LogP contribution in [0, 0.1) is 23.7 Å². The van der Waals surface area contributed by atoms with Gasteiger partial charge in [-0.3, -0.25) is 9.59 Å². The number of carbonyl (C=O) groups excluding carboxylic acids is 2. The van der Waals surface area contributed by atoms with E-state index >= 15 is 0 Å². The Morgan fingerprint density at radius 1 is 1.13 bits per heavy atom. The normalized spacial score (nSPS) is 32.1. The number of benzene rings is 1. The first-order chi connectivity index (χ1) is 11.1. The maximum Gasteiger partial charge on any atom is 0.254 e. The van der Waals surface area contributed by atoms with Crippen LogP contribution in [0.25, 0.3) is 0 Å². The molecule has 1 saturated carbocycles. The molecule has 1 heterocycles. The van der Waals surface area contributed by atoms with Crippen LogP contribution in [-0.4, -0.2) is 28.1 Å². The number of phenols is 1. The van der Waals surface area contributed by atoms with Crippen molar-refractivity contribution in [2.75, 3.05) is 0 Å². The molecule has 6 heteroatoms. The molecule has 4 atom stereocenters. The third-order valence-corrected chi connectivity index (χ3v) is 5.67. The number of amides is 2. The SMILES string of the molecule is O=C1C2C3C=CC(CC3)C2C(=O)N1N=Cc1ccc(O)c(Br)c1. The molecule has 1 aromatic carbocycles. The van der Waals surface area contributed by atoms with E-state index < -0.39 is 0 Å². The lowest BCUT2D eigenvalue weighted by Crippen LogP contribution is -2.38. The number of phenolic OH excluding ortho intramolecular Hbond substituents is 1. The van der Waals surface area contributed by atoms with Gasteiger partial charge in [-0.2, -0.15) is 10.1 Å². The largest absolute Gasteiger partial charge is 0.507 e. The standard InChI is InChI=1S/C17H15BrN2O3/c18-12-7-9(1-6-13(12)21)8-19-20-16(22)14-10-2-3-11(5-4-10)15(14)17(20)23/h1-3,6-8,10-11,14-15,21H,4-5H2. The van der Waals surface area contributed by atoms with Gasteiger partial charge in [-0.05, 0) is 64.4 Å². The third-order valence-electron chi connectivity index (χ3n) is 5.03. The number of allylic oxidation sites excluding steroid dienone is 2. The van der Waals surface area contributed by atoms with Crippen molar-refractivity contribution < 1.29 is 14.7 Å². The third kappa shape index (κ3) is 2.24. The zero-order valence-electron chi connectivity index (χ0n) is 12.2. The fraction of sp³-hybridized carbons (Fsp3) is 0.353. The predicted octanol–water partition coefficient (Wildman–Crippen LogP) is 2.69. The Labute approximate surface area is 141 Å². The summed E-state index contributed by atoms with van der Waals surface area (Å²) in [5.41, 5.74) is 0.700. The molecule has 118 valence electrons. The van der Waals surface area contributed by atoms with Crippen molar-refractivity contribution in [1.82, 2.24) is 5.01 Å². The lowest BCUT2D eigenvalue weighted by atomic mass is 9.63. The van der Waals surface area contributed by atoms with Gasteiger partial charge in [0.15, 0.2) is 0 Å². The Morgan fingerprint density at radius 3 is 2.26 bits per heavy atom. The average Bonchev–Trinajstić information content (AvgIpc) is 2.83. The van der Waals surface area contributed by atoms with Crippen molar-refractivity contribution in [2.45, 2.75) is 12.8 Å². The van der Waals surface area contributed by atoms with Crippen molar-refractivity contribution in [3.05, 3.63) is 40.4 Å². The first-order valence-corrected chi connectivity index (χ1v) is 8.44. The molecular weight excluding hydrogens is 360 g/mol. The van der Waals surface area contributed by atoms with Crippen molar-refractivity contribution >= 4 is 34.0 Å². The van der Waals surface area contributed by atoms with Gasteiger partial charge in [0.1, 0.15) is 5.75 Å². The molecule has 0 spiro atoms. The quantitative estimate of drug-likeness (QED) is 0.491. The zero-order chi connectivity index (χ0) is 16.1. The molecule has 2 amide bonds. The second-order valence-electron chi connectivity index (χ2n) is 6.29. The van der Waals surface area contributed by atoms with Gasteiger partial charge < -0.3 is 5.11 Å². The summed E-state index contributed by atoms with van der Waals surface area (Å²) in [6.45, 7) is 0. The molecule has 0 radical (unpaired) electrons. The number of hydrogen-bond donors (Lipinski definition) is 1. The second-order valence-corrected chi connectivity index (χ2v) is 7.14. The molecule has 0 aromatic heterocycles. The van der Waals surface area contributed by atoms with E-state index in [1.54, 1.807) is 12.1 Å². The van der Waals surface area contributed by atoms with E-state index in [-0.39, 0.29) is 41.2 Å². The van der Waals surface area contributed by atoms with E-state index in [2.05, 4.69) is 33.2 Å². The summed E-state index contributed by atoms with van der Waals surface area (Å²) in [6.07, 6.45) is 7.61. The maximum absolute atomic E-state index is 12.6. The van der Waals surface area contributed by atoms with Crippen LogP contribution in [0.3, 0.4) is 0 Å². The van der Waals surface area contributed by atoms with E-state index in [4.69, 9.17) is 0 Å². The first kappa shape index (κ1) is 14.6. The minimum Gasteiger partial charge on any atom is -0.507 e. The monoisotopic (exact) mass is 374 g/mol. The molecular formula is C17H15BrN2O3. The Morgan fingerprint density at radius 2 is 1.74 bits per heavy atom. The molecule has 1 aromatic rings. The molecule has 5 rings (SSSR count). The van der Waals surface area contributed by atoms with E-state index in [0.717, 1.165) is 17.9 Å². The molecule has 2 fully saturated rings. The average molecular weight is 375 g/mol. The van der Waals surface area contributed by atoms with Crippen molar-refractivity contribution in [2.24, 2.45) is 28.8 Å². The smallest absolute Gasteiger partial charge is 0.254 e. The maximum atomic E-state index is 12.6. The van der Waals surface area contributed by atoms with Crippen molar-refractivity contribution in [1.29, 1.82) is 0 Å². The van der Waals surface area contributed by atoms with Crippen LogP contribution in [0.5, 0.6) is 5.75 Å². The molecule has 5 nitrogen and oxygen atoms in total. The summed E-state index contributed by atoms with van der Waals surface area (Å²) in [4.78, 5) is 25.2. The van der Waals surface area contributed by atoms with E-state index in [1.807, 2.05) is 0 Å². The van der Waals surface area contributed by atoms with Crippen LogP contribution in [0.1, 0.15) is 18.4 Å². The molecule has 4 aliphatic rings. The van der Waals surface area contributed by atoms with Crippen LogP contribution < -0.4 is 0 Å². The van der Waals surface area contributed by atoms with Gasteiger partial charge in [0.2, 0.25) is 0 Å². The highest BCUT2D eigenvalue weighted by Crippen LogP contribution is 2.49. The number of aromatic hydroxyl groups is 1. The van der Waals surface area contributed by atoms with E-state index in [9.17, 15) is 14.7 Å². The number of hydrazone groups is 1. The topological polar surface area (TPSA) is 70.0 Å². The van der Waals surface area contributed by atoms with Crippen LogP contribution >= 0.6 is 15.9 Å². The van der Waals surface area contributed by atoms with Gasteiger partial charge >= 0.3 is 0 Å². The van der Waals surface area contributed by atoms with Gasteiger partial charge in [-0.15, -0.1) is 0 Å². The molecule has 3 aliphatic carbocycles. The van der Waals surface area contributed by atoms with Gasteiger partial charge in [0.05, 0.1) is 22.5 Å². The van der Waals surface area contributed by atoms with Crippen LogP contribution in [0.2, 0.25) is 0 Å². The summed E-state index contributed by atoms with van der Waals surface area (Å²) >= 11 is 3.23. The summed E-state index contributed by atoms with van der Waals surface area (Å²) in [7, 11) is 0. The van der Waals surface area contributed by atoms with Crippen LogP contribution in [0.15, 0.2) is 39.9 Å². The highest BCUT2D eigenvalue weighted by atomic mass is 79.9. The van der Waals surface area contributed by atoms with E-state index in [0.29, 0.717) is 10.0 Å². The summed E-state index contributed by atoms with van der Waals surface area (Å²) < 4.78 is 0.538. The Kier molecular flexibility index (Phi) is 3.37. The molecule has 4 unspecified atom stereocenters. The number of nitrogens with zero attached hydrogens (tertiary/aromatic N) is 2. The first-order valence-electron chi connectivity index (χ1n) is 7.65. The lowest BCUT2D eigenvalue weighted by molar-refractivity contribution is -0.140. The second kappa shape index (κ2) is 5.30. The molecule has 1 aliphatic heterocycles. The lowest BCUT2D eigenvalue weighted by Gasteiger charge is -2.37. The highest BCUT2D eigenvalue weighted by Gasteiger charge is 2.56. The minimum atomic E-state index is -0.241. The molecule has 1 N–H and O–H groups in total. The van der Waals surface area contributed by atoms with Gasteiger partial charge in [-0.1, -0.05) is 12.2 Å². The number of carbonyl (C=O) groups is 2. The van der Waals surface area contributed by atoms with Crippen LogP contribution in [0.4, 0.5) is 0 Å². The van der Waals surface area contributed by atoms with Gasteiger partial charge in [-0.25, -0.2) is 0 Å². The van der Waals surface area contributed by atoms with Gasteiger partial charge in [0.25, 0.3) is 11.8 Å². The Balaban J connectivity index is 1.60. The molecule has 2 bridgehead atoms. The molecule has 1 saturated heterocycles. The predicted molar refractivity (Wildman–Crippen MR) is 87.6 cm³/mol. The number of fused-ring (bicyclic) bond motifs is 1. The molecule has 23 heavy (non-hydrogen) atoms. The number of imide groups is 1. The van der Waals surface area contributed by atoms with Gasteiger partial charge in [0, 0.05) is 0 Å². The number of halogens is 1. The Hall–Kier alpha value is -1.95. The summed E-state index contributed by atoms with van der Waals surface area (Å²) in [5, 5.41) is 14.7. The fourth-order valence-electron chi connectivity index (χ4n) is 3.90. The number of hydrogen-bond acceptors (Lipinski definition) is 4. The van der Waals surface area contributed by atoms with Crippen LogP contribution in [-0.2, 0) is 9.59 Å². The highest BCUT2D eigenvalue weighted by molar-refractivity contribution is 9.10. The zero-order valence-corrected chi connectivity index (χ0v) is 13.8.